The van der Waals surface area contributed by atoms with E-state index in [1.807, 2.05) is 32.0 Å². The van der Waals surface area contributed by atoms with E-state index in [1.54, 1.807) is 32.0 Å². The van der Waals surface area contributed by atoms with Gasteiger partial charge in [-0.25, -0.2) is 0 Å². The lowest BCUT2D eigenvalue weighted by Crippen LogP contribution is -2.54. The number of carbonyl (C=O) groups excluding carboxylic acids is 2. The first kappa shape index (κ1) is 18.3. The van der Waals surface area contributed by atoms with E-state index in [0.717, 1.165) is 11.1 Å². The molecule has 0 saturated carbocycles. The number of hydrogen-bond acceptors (Lipinski definition) is 3. The summed E-state index contributed by atoms with van der Waals surface area (Å²) in [6.07, 6.45) is 0. The Balaban J connectivity index is 1.85. The molecule has 3 rings (SSSR count). The highest BCUT2D eigenvalue weighted by Gasteiger charge is 2.41. The summed E-state index contributed by atoms with van der Waals surface area (Å²) < 4.78 is 5.76. The Bertz CT molecular complexity index is 893. The normalized spacial score (nSPS) is 15.3. The van der Waals surface area contributed by atoms with E-state index in [2.05, 4.69) is 5.32 Å². The fraction of sp³-hybridized carbons (Fsp3) is 0.300. The van der Waals surface area contributed by atoms with Crippen LogP contribution in [0, 0.1) is 13.8 Å². The van der Waals surface area contributed by atoms with Crippen LogP contribution < -0.4 is 15.0 Å². The fourth-order valence-corrected chi connectivity index (χ4v) is 3.03. The molecule has 0 unspecified atom stereocenters. The SMILES string of the molecule is Cc1ccc(NC(=O)CN2C(=O)C(C)(C)Oc3ccc(Cl)cc32)cc1C. The maximum Gasteiger partial charge on any atom is 0.271 e. The maximum atomic E-state index is 12.8. The zero-order valence-corrected chi connectivity index (χ0v) is 16.0. The summed E-state index contributed by atoms with van der Waals surface area (Å²) in [6.45, 7) is 7.24. The zero-order valence-electron chi connectivity index (χ0n) is 15.2. The van der Waals surface area contributed by atoms with Crippen molar-refractivity contribution in [1.82, 2.24) is 0 Å². The number of halogens is 1. The molecule has 0 saturated heterocycles. The van der Waals surface area contributed by atoms with Crippen molar-refractivity contribution in [2.45, 2.75) is 33.3 Å². The number of anilines is 2. The second kappa shape index (κ2) is 6.65. The summed E-state index contributed by atoms with van der Waals surface area (Å²) in [5, 5.41) is 3.32. The fourth-order valence-electron chi connectivity index (χ4n) is 2.86. The molecule has 0 aromatic heterocycles. The number of nitrogens with one attached hydrogen (secondary N) is 1. The first-order chi connectivity index (χ1) is 12.2. The van der Waals surface area contributed by atoms with Crippen molar-refractivity contribution in [1.29, 1.82) is 0 Å². The minimum atomic E-state index is -1.05. The molecule has 2 amide bonds. The lowest BCUT2D eigenvalue weighted by atomic mass is 10.0. The molecular formula is C20H21ClN2O3. The Hall–Kier alpha value is -2.53. The lowest BCUT2D eigenvalue weighted by Gasteiger charge is -2.38. The molecule has 1 heterocycles. The van der Waals surface area contributed by atoms with Crippen LogP contribution >= 0.6 is 11.6 Å². The van der Waals surface area contributed by atoms with Gasteiger partial charge in [0, 0.05) is 10.7 Å². The molecule has 1 aliphatic rings. The molecule has 2 aromatic rings. The molecule has 26 heavy (non-hydrogen) atoms. The van der Waals surface area contributed by atoms with Gasteiger partial charge in [-0.3, -0.25) is 14.5 Å². The molecular weight excluding hydrogens is 352 g/mol. The second-order valence-corrected chi connectivity index (χ2v) is 7.40. The molecule has 0 radical (unpaired) electrons. The lowest BCUT2D eigenvalue weighted by molar-refractivity contribution is -0.133. The Morgan fingerprint density at radius 1 is 1.15 bits per heavy atom. The third-order valence-electron chi connectivity index (χ3n) is 4.43. The molecule has 136 valence electrons. The largest absolute Gasteiger partial charge is 0.476 e. The first-order valence-electron chi connectivity index (χ1n) is 8.35. The molecule has 5 nitrogen and oxygen atoms in total. The van der Waals surface area contributed by atoms with Crippen LogP contribution in [-0.4, -0.2) is 24.0 Å². The van der Waals surface area contributed by atoms with E-state index >= 15 is 0 Å². The highest BCUT2D eigenvalue weighted by Crippen LogP contribution is 2.39. The van der Waals surface area contributed by atoms with Gasteiger partial charge in [0.15, 0.2) is 5.60 Å². The van der Waals surface area contributed by atoms with Crippen LogP contribution in [0.25, 0.3) is 0 Å². The Kier molecular flexibility index (Phi) is 4.67. The van der Waals surface area contributed by atoms with E-state index < -0.39 is 5.60 Å². The van der Waals surface area contributed by atoms with Gasteiger partial charge in [-0.05, 0) is 69.2 Å². The minimum Gasteiger partial charge on any atom is -0.476 e. The zero-order chi connectivity index (χ0) is 19.1. The van der Waals surface area contributed by atoms with Crippen molar-refractivity contribution in [2.24, 2.45) is 0 Å². The van der Waals surface area contributed by atoms with Crippen LogP contribution in [-0.2, 0) is 9.59 Å². The Labute approximate surface area is 157 Å². The number of fused-ring (bicyclic) bond motifs is 1. The predicted molar refractivity (Wildman–Crippen MR) is 103 cm³/mol. The van der Waals surface area contributed by atoms with Crippen molar-refractivity contribution in [2.75, 3.05) is 16.8 Å². The smallest absolute Gasteiger partial charge is 0.271 e. The van der Waals surface area contributed by atoms with E-state index in [9.17, 15) is 9.59 Å². The number of rotatable bonds is 3. The number of amides is 2. The Morgan fingerprint density at radius 3 is 2.58 bits per heavy atom. The molecule has 1 N–H and O–H groups in total. The number of aryl methyl sites for hydroxylation is 2. The molecule has 0 fully saturated rings. The standard InChI is InChI=1S/C20H21ClN2O3/c1-12-5-7-15(9-13(12)2)22-18(24)11-23-16-10-14(21)6-8-17(16)26-20(3,4)19(23)25/h5-10H,11H2,1-4H3,(H,22,24). The second-order valence-electron chi connectivity index (χ2n) is 6.96. The minimum absolute atomic E-state index is 0.119. The van der Waals surface area contributed by atoms with Crippen LogP contribution in [0.1, 0.15) is 25.0 Å². The van der Waals surface area contributed by atoms with Gasteiger partial charge in [0.25, 0.3) is 5.91 Å². The van der Waals surface area contributed by atoms with Crippen LogP contribution in [0.15, 0.2) is 36.4 Å². The Morgan fingerprint density at radius 2 is 1.88 bits per heavy atom. The molecule has 6 heteroatoms. The summed E-state index contributed by atoms with van der Waals surface area (Å²) in [6, 6.07) is 10.7. The highest BCUT2D eigenvalue weighted by molar-refractivity contribution is 6.31. The van der Waals surface area contributed by atoms with Crippen molar-refractivity contribution in [3.63, 3.8) is 0 Å². The number of ether oxygens (including phenoxy) is 1. The van der Waals surface area contributed by atoms with Crippen molar-refractivity contribution in [3.05, 3.63) is 52.5 Å². The van der Waals surface area contributed by atoms with Gasteiger partial charge < -0.3 is 10.1 Å². The van der Waals surface area contributed by atoms with Crippen LogP contribution in [0.2, 0.25) is 5.02 Å². The highest BCUT2D eigenvalue weighted by atomic mass is 35.5. The maximum absolute atomic E-state index is 12.8. The summed E-state index contributed by atoms with van der Waals surface area (Å²) in [4.78, 5) is 26.8. The van der Waals surface area contributed by atoms with Gasteiger partial charge in [-0.2, -0.15) is 0 Å². The van der Waals surface area contributed by atoms with Crippen LogP contribution in [0.5, 0.6) is 5.75 Å². The van der Waals surface area contributed by atoms with Crippen molar-refractivity contribution >= 4 is 34.8 Å². The van der Waals surface area contributed by atoms with Gasteiger partial charge in [0.1, 0.15) is 12.3 Å². The average Bonchev–Trinajstić information content (AvgIpc) is 2.56. The van der Waals surface area contributed by atoms with Gasteiger partial charge >= 0.3 is 0 Å². The third-order valence-corrected chi connectivity index (χ3v) is 4.66. The molecule has 2 aromatic carbocycles. The van der Waals surface area contributed by atoms with Gasteiger partial charge in [-0.15, -0.1) is 0 Å². The van der Waals surface area contributed by atoms with E-state index in [1.165, 1.54) is 4.90 Å². The molecule has 0 spiro atoms. The monoisotopic (exact) mass is 372 g/mol. The van der Waals surface area contributed by atoms with Crippen LogP contribution in [0.4, 0.5) is 11.4 Å². The number of benzene rings is 2. The van der Waals surface area contributed by atoms with Crippen molar-refractivity contribution < 1.29 is 14.3 Å². The molecule has 0 aliphatic carbocycles. The summed E-state index contributed by atoms with van der Waals surface area (Å²) >= 11 is 6.07. The number of hydrogen-bond donors (Lipinski definition) is 1. The number of nitrogens with zero attached hydrogens (tertiary/aromatic N) is 1. The topological polar surface area (TPSA) is 58.6 Å². The molecule has 1 aliphatic heterocycles. The van der Waals surface area contributed by atoms with Gasteiger partial charge in [0.2, 0.25) is 5.91 Å². The summed E-state index contributed by atoms with van der Waals surface area (Å²) in [7, 11) is 0. The first-order valence-corrected chi connectivity index (χ1v) is 8.73. The van der Waals surface area contributed by atoms with E-state index in [-0.39, 0.29) is 18.4 Å². The quantitative estimate of drug-likeness (QED) is 0.882. The number of carbonyl (C=O) groups is 2. The predicted octanol–water partition coefficient (Wildman–Crippen LogP) is 4.10. The summed E-state index contributed by atoms with van der Waals surface area (Å²) in [5.41, 5.74) is 2.38. The van der Waals surface area contributed by atoms with Crippen molar-refractivity contribution in [3.8, 4) is 5.75 Å². The summed E-state index contributed by atoms with van der Waals surface area (Å²) in [5.74, 6) is -0.0503. The van der Waals surface area contributed by atoms with E-state index in [0.29, 0.717) is 22.1 Å². The van der Waals surface area contributed by atoms with Gasteiger partial charge in [0.05, 0.1) is 5.69 Å². The average molecular weight is 373 g/mol. The third kappa shape index (κ3) is 3.53. The van der Waals surface area contributed by atoms with E-state index in [4.69, 9.17) is 16.3 Å². The molecule has 0 atom stereocenters. The molecule has 0 bridgehead atoms. The van der Waals surface area contributed by atoms with Gasteiger partial charge in [-0.1, -0.05) is 17.7 Å². The van der Waals surface area contributed by atoms with Crippen LogP contribution in [0.3, 0.4) is 0 Å².